The quantitative estimate of drug-likeness (QED) is 0.809. The van der Waals surface area contributed by atoms with Crippen LogP contribution in [0.15, 0.2) is 36.4 Å². The maximum atomic E-state index is 13.1. The van der Waals surface area contributed by atoms with E-state index >= 15 is 0 Å². The Hall–Kier alpha value is -2.03. The van der Waals surface area contributed by atoms with Gasteiger partial charge in [0.25, 0.3) is 0 Å². The third-order valence-corrected chi connectivity index (χ3v) is 2.87. The van der Waals surface area contributed by atoms with Gasteiger partial charge in [0, 0.05) is 6.54 Å². The van der Waals surface area contributed by atoms with E-state index in [0.29, 0.717) is 6.54 Å². The molecule has 0 unspecified atom stereocenters. The molecule has 3 N–H and O–H groups in total. The molecular weight excluding hydrogens is 227 g/mol. The summed E-state index contributed by atoms with van der Waals surface area (Å²) in [6.07, 6.45) is 0. The number of aryl methyl sites for hydroxylation is 2. The van der Waals surface area contributed by atoms with E-state index in [0.717, 1.165) is 28.1 Å². The van der Waals surface area contributed by atoms with Crippen molar-refractivity contribution >= 4 is 11.4 Å². The Morgan fingerprint density at radius 1 is 1.17 bits per heavy atom. The lowest BCUT2D eigenvalue weighted by Gasteiger charge is -2.13. The molecule has 0 radical (unpaired) electrons. The van der Waals surface area contributed by atoms with Gasteiger partial charge < -0.3 is 11.1 Å². The van der Waals surface area contributed by atoms with Crippen LogP contribution in [0.4, 0.5) is 15.8 Å². The maximum absolute atomic E-state index is 13.1. The Morgan fingerprint density at radius 2 is 1.94 bits per heavy atom. The Labute approximate surface area is 107 Å². The summed E-state index contributed by atoms with van der Waals surface area (Å²) in [4.78, 5) is 0. The van der Waals surface area contributed by atoms with Crippen LogP contribution in [0, 0.1) is 19.7 Å². The van der Waals surface area contributed by atoms with Crippen LogP contribution in [0.1, 0.15) is 16.7 Å². The minimum absolute atomic E-state index is 0.220. The number of benzene rings is 2. The molecule has 0 aliphatic heterocycles. The molecule has 94 valence electrons. The Balaban J connectivity index is 2.16. The van der Waals surface area contributed by atoms with E-state index in [4.69, 9.17) is 5.73 Å². The molecule has 0 aliphatic carbocycles. The number of hydrogen-bond donors (Lipinski definition) is 2. The summed E-state index contributed by atoms with van der Waals surface area (Å²) in [5.74, 6) is -0.220. The largest absolute Gasteiger partial charge is 0.397 e. The average Bonchev–Trinajstić information content (AvgIpc) is 2.27. The van der Waals surface area contributed by atoms with E-state index in [9.17, 15) is 4.39 Å². The second-order valence-corrected chi connectivity index (χ2v) is 4.53. The fourth-order valence-electron chi connectivity index (χ4n) is 2.08. The van der Waals surface area contributed by atoms with E-state index in [1.807, 2.05) is 26.0 Å². The summed E-state index contributed by atoms with van der Waals surface area (Å²) < 4.78 is 13.1. The molecule has 0 spiro atoms. The lowest BCUT2D eigenvalue weighted by molar-refractivity contribution is 0.626. The van der Waals surface area contributed by atoms with Crippen LogP contribution in [-0.4, -0.2) is 0 Å². The van der Waals surface area contributed by atoms with Gasteiger partial charge in [-0.1, -0.05) is 18.2 Å². The van der Waals surface area contributed by atoms with Crippen LogP contribution in [-0.2, 0) is 6.54 Å². The predicted molar refractivity (Wildman–Crippen MR) is 74.1 cm³/mol. The number of nitrogens with one attached hydrogen (secondary N) is 1. The molecule has 0 saturated carbocycles. The highest BCUT2D eigenvalue weighted by atomic mass is 19.1. The van der Waals surface area contributed by atoms with Gasteiger partial charge in [-0.3, -0.25) is 0 Å². The molecule has 0 fully saturated rings. The lowest BCUT2D eigenvalue weighted by atomic mass is 10.1. The average molecular weight is 244 g/mol. The monoisotopic (exact) mass is 244 g/mol. The molecule has 2 rings (SSSR count). The minimum Gasteiger partial charge on any atom is -0.397 e. The van der Waals surface area contributed by atoms with Gasteiger partial charge in [-0.25, -0.2) is 4.39 Å². The second-order valence-electron chi connectivity index (χ2n) is 4.53. The molecule has 0 heterocycles. The van der Waals surface area contributed by atoms with E-state index in [1.54, 1.807) is 6.07 Å². The van der Waals surface area contributed by atoms with Gasteiger partial charge in [0.05, 0.1) is 11.4 Å². The van der Waals surface area contributed by atoms with E-state index in [1.165, 1.54) is 12.1 Å². The first-order valence-corrected chi connectivity index (χ1v) is 5.91. The van der Waals surface area contributed by atoms with E-state index in [2.05, 4.69) is 11.4 Å². The molecule has 0 aromatic heterocycles. The van der Waals surface area contributed by atoms with Gasteiger partial charge in [-0.05, 0) is 48.7 Å². The summed E-state index contributed by atoms with van der Waals surface area (Å²) in [6, 6.07) is 10.6. The Kier molecular flexibility index (Phi) is 3.51. The van der Waals surface area contributed by atoms with Gasteiger partial charge in [0.15, 0.2) is 0 Å². The molecular formula is C15H17FN2. The van der Waals surface area contributed by atoms with Crippen molar-refractivity contribution in [3.05, 3.63) is 58.9 Å². The molecule has 0 amide bonds. The zero-order valence-electron chi connectivity index (χ0n) is 10.6. The Morgan fingerprint density at radius 3 is 2.61 bits per heavy atom. The summed E-state index contributed by atoms with van der Waals surface area (Å²) in [5, 5.41) is 3.26. The van der Waals surface area contributed by atoms with Crippen LogP contribution in [0.3, 0.4) is 0 Å². The van der Waals surface area contributed by atoms with Crippen molar-refractivity contribution in [2.45, 2.75) is 20.4 Å². The van der Waals surface area contributed by atoms with Gasteiger partial charge in [-0.2, -0.15) is 0 Å². The number of nitrogens with two attached hydrogens (primary N) is 1. The highest BCUT2D eigenvalue weighted by Crippen LogP contribution is 2.25. The van der Waals surface area contributed by atoms with Gasteiger partial charge >= 0.3 is 0 Å². The van der Waals surface area contributed by atoms with Crippen LogP contribution in [0.2, 0.25) is 0 Å². The molecule has 2 aromatic carbocycles. The molecule has 0 aliphatic rings. The number of nitrogen functional groups attached to an aromatic ring is 1. The highest BCUT2D eigenvalue weighted by Gasteiger charge is 2.04. The first kappa shape index (κ1) is 12.4. The van der Waals surface area contributed by atoms with Crippen LogP contribution >= 0.6 is 0 Å². The Bertz CT molecular complexity index is 541. The molecule has 0 saturated heterocycles. The molecule has 0 bridgehead atoms. The van der Waals surface area contributed by atoms with Gasteiger partial charge in [0.2, 0.25) is 0 Å². The van der Waals surface area contributed by atoms with Crippen molar-refractivity contribution in [2.75, 3.05) is 11.1 Å². The number of rotatable bonds is 3. The smallest absolute Gasteiger partial charge is 0.123 e. The normalized spacial score (nSPS) is 10.4. The van der Waals surface area contributed by atoms with Crippen molar-refractivity contribution in [3.63, 3.8) is 0 Å². The zero-order valence-corrected chi connectivity index (χ0v) is 10.6. The van der Waals surface area contributed by atoms with E-state index in [-0.39, 0.29) is 5.82 Å². The standard InChI is InChI=1S/C15H17FN2/c1-10-6-11(2)15(14(17)7-10)18-9-12-4-3-5-13(16)8-12/h3-8,18H,9,17H2,1-2H3. The first-order valence-electron chi connectivity index (χ1n) is 5.91. The lowest BCUT2D eigenvalue weighted by Crippen LogP contribution is -2.05. The predicted octanol–water partition coefficient (Wildman–Crippen LogP) is 3.64. The topological polar surface area (TPSA) is 38.0 Å². The van der Waals surface area contributed by atoms with Crippen LogP contribution in [0.5, 0.6) is 0 Å². The maximum Gasteiger partial charge on any atom is 0.123 e. The van der Waals surface area contributed by atoms with Crippen LogP contribution < -0.4 is 11.1 Å². The van der Waals surface area contributed by atoms with Gasteiger partial charge in [-0.15, -0.1) is 0 Å². The zero-order chi connectivity index (χ0) is 13.1. The number of halogens is 1. The minimum atomic E-state index is -0.220. The number of hydrogen-bond acceptors (Lipinski definition) is 2. The first-order chi connectivity index (χ1) is 8.56. The third kappa shape index (κ3) is 2.80. The van der Waals surface area contributed by atoms with Crippen molar-refractivity contribution < 1.29 is 4.39 Å². The van der Waals surface area contributed by atoms with Crippen molar-refractivity contribution in [2.24, 2.45) is 0 Å². The fraction of sp³-hybridized carbons (Fsp3) is 0.200. The van der Waals surface area contributed by atoms with Crippen molar-refractivity contribution in [3.8, 4) is 0 Å². The van der Waals surface area contributed by atoms with Crippen LogP contribution in [0.25, 0.3) is 0 Å². The molecule has 2 aromatic rings. The summed E-state index contributed by atoms with van der Waals surface area (Å²) in [7, 11) is 0. The molecule has 2 nitrogen and oxygen atoms in total. The SMILES string of the molecule is Cc1cc(C)c(NCc2cccc(F)c2)c(N)c1. The molecule has 0 atom stereocenters. The number of anilines is 2. The summed E-state index contributed by atoms with van der Waals surface area (Å²) in [6.45, 7) is 4.59. The van der Waals surface area contributed by atoms with Crippen molar-refractivity contribution in [1.29, 1.82) is 0 Å². The van der Waals surface area contributed by atoms with Gasteiger partial charge in [0.1, 0.15) is 5.82 Å². The molecule has 3 heteroatoms. The fourth-order valence-corrected chi connectivity index (χ4v) is 2.08. The summed E-state index contributed by atoms with van der Waals surface area (Å²) >= 11 is 0. The highest BCUT2D eigenvalue weighted by molar-refractivity contribution is 5.71. The third-order valence-electron chi connectivity index (χ3n) is 2.87. The second kappa shape index (κ2) is 5.08. The summed E-state index contributed by atoms with van der Waals surface area (Å²) in [5.41, 5.74) is 10.8. The molecule has 18 heavy (non-hydrogen) atoms. The van der Waals surface area contributed by atoms with Crippen molar-refractivity contribution in [1.82, 2.24) is 0 Å². The van der Waals surface area contributed by atoms with E-state index < -0.39 is 0 Å².